The van der Waals surface area contributed by atoms with Crippen molar-refractivity contribution in [1.29, 1.82) is 0 Å². The van der Waals surface area contributed by atoms with Crippen LogP contribution in [-0.2, 0) is 6.42 Å². The fourth-order valence-electron chi connectivity index (χ4n) is 1.79. The molecule has 0 aliphatic carbocycles. The number of aromatic nitrogens is 2. The number of halogens is 1. The number of hydrogen-bond acceptors (Lipinski definition) is 4. The molecule has 1 aromatic carbocycles. The molecule has 0 fully saturated rings. The Balaban J connectivity index is 2.33. The first kappa shape index (κ1) is 13.8. The first-order chi connectivity index (χ1) is 8.99. The lowest BCUT2D eigenvalue weighted by Crippen LogP contribution is -2.00. The maximum atomic E-state index is 5.77. The maximum Gasteiger partial charge on any atom is 0.224 e. The van der Waals surface area contributed by atoms with Crippen LogP contribution in [0.15, 0.2) is 22.7 Å². The normalized spacial score (nSPS) is 10.5. The molecule has 0 bridgehead atoms. The summed E-state index contributed by atoms with van der Waals surface area (Å²) in [7, 11) is 0. The molecule has 2 rings (SSSR count). The van der Waals surface area contributed by atoms with Crippen molar-refractivity contribution in [3.05, 3.63) is 39.6 Å². The first-order valence-electron chi connectivity index (χ1n) is 6.07. The lowest BCUT2D eigenvalue weighted by molar-refractivity contribution is 0.458. The highest BCUT2D eigenvalue weighted by Gasteiger charge is 2.07. The fraction of sp³-hybridized carbons (Fsp3) is 0.286. The lowest BCUT2D eigenvalue weighted by Gasteiger charge is -2.10. The summed E-state index contributed by atoms with van der Waals surface area (Å²) in [6, 6.07) is 5.55. The summed E-state index contributed by atoms with van der Waals surface area (Å²) in [5.74, 6) is 2.33. The minimum Gasteiger partial charge on any atom is -0.439 e. The molecule has 4 nitrogen and oxygen atoms in total. The van der Waals surface area contributed by atoms with Crippen molar-refractivity contribution >= 4 is 21.7 Å². The molecule has 2 aromatic rings. The Bertz CT molecular complexity index is 591. The van der Waals surface area contributed by atoms with Crippen molar-refractivity contribution in [2.24, 2.45) is 0 Å². The topological polar surface area (TPSA) is 61.0 Å². The van der Waals surface area contributed by atoms with Gasteiger partial charge in [-0.25, -0.2) is 4.98 Å². The van der Waals surface area contributed by atoms with Crippen LogP contribution in [0.2, 0.25) is 0 Å². The second-order valence-electron chi connectivity index (χ2n) is 4.37. The summed E-state index contributed by atoms with van der Waals surface area (Å²) in [6.45, 7) is 6.03. The molecule has 1 aromatic heterocycles. The molecule has 0 spiro atoms. The number of hydrogen-bond donors (Lipinski definition) is 1. The van der Waals surface area contributed by atoms with Gasteiger partial charge >= 0.3 is 0 Å². The molecule has 0 radical (unpaired) electrons. The summed E-state index contributed by atoms with van der Waals surface area (Å²) in [6.07, 6.45) is 0.722. The highest BCUT2D eigenvalue weighted by Crippen LogP contribution is 2.29. The van der Waals surface area contributed by atoms with E-state index in [0.717, 1.165) is 27.8 Å². The first-order valence-corrected chi connectivity index (χ1v) is 6.87. The molecule has 5 heteroatoms. The van der Waals surface area contributed by atoms with Crippen molar-refractivity contribution < 1.29 is 4.74 Å². The third-order valence-corrected chi connectivity index (χ3v) is 3.97. The van der Waals surface area contributed by atoms with E-state index in [0.29, 0.717) is 17.5 Å². The molecule has 100 valence electrons. The molecule has 0 saturated heterocycles. The molecule has 0 aliphatic heterocycles. The van der Waals surface area contributed by atoms with Gasteiger partial charge in [0.25, 0.3) is 0 Å². The molecule has 0 saturated carbocycles. The van der Waals surface area contributed by atoms with Crippen LogP contribution < -0.4 is 10.5 Å². The van der Waals surface area contributed by atoms with Crippen molar-refractivity contribution in [3.8, 4) is 11.6 Å². The average molecular weight is 322 g/mol. The molecular weight excluding hydrogens is 306 g/mol. The van der Waals surface area contributed by atoms with Crippen molar-refractivity contribution in [2.75, 3.05) is 5.73 Å². The molecule has 0 aliphatic rings. The van der Waals surface area contributed by atoms with Crippen molar-refractivity contribution in [1.82, 2.24) is 9.97 Å². The van der Waals surface area contributed by atoms with E-state index in [1.807, 2.05) is 32.9 Å². The van der Waals surface area contributed by atoms with Gasteiger partial charge in [-0.2, -0.15) is 4.98 Å². The number of nitrogens with zero attached hydrogens (tertiary/aromatic N) is 2. The second-order valence-corrected chi connectivity index (χ2v) is 5.17. The van der Waals surface area contributed by atoms with Crippen LogP contribution in [0.4, 0.5) is 5.82 Å². The Labute approximate surface area is 121 Å². The number of ether oxygens (including phenoxy) is 1. The van der Waals surface area contributed by atoms with Gasteiger partial charge in [0.2, 0.25) is 5.88 Å². The van der Waals surface area contributed by atoms with Gasteiger partial charge in [-0.3, -0.25) is 0 Å². The van der Waals surface area contributed by atoms with Gasteiger partial charge in [-0.1, -0.05) is 22.9 Å². The number of rotatable bonds is 3. The minimum atomic E-state index is 0.424. The van der Waals surface area contributed by atoms with Gasteiger partial charge in [-0.15, -0.1) is 0 Å². The van der Waals surface area contributed by atoms with Gasteiger partial charge in [-0.05, 0) is 37.1 Å². The number of nitrogens with two attached hydrogens (primary N) is 1. The van der Waals surface area contributed by atoms with E-state index >= 15 is 0 Å². The van der Waals surface area contributed by atoms with Crippen LogP contribution >= 0.6 is 15.9 Å². The van der Waals surface area contributed by atoms with Crippen LogP contribution in [0, 0.1) is 13.8 Å². The van der Waals surface area contributed by atoms with Crippen LogP contribution in [0.25, 0.3) is 0 Å². The number of anilines is 1. The molecule has 0 unspecified atom stereocenters. The third kappa shape index (κ3) is 3.23. The lowest BCUT2D eigenvalue weighted by atomic mass is 10.1. The van der Waals surface area contributed by atoms with Crippen LogP contribution in [0.5, 0.6) is 11.6 Å². The molecule has 1 heterocycles. The van der Waals surface area contributed by atoms with Crippen molar-refractivity contribution in [3.63, 3.8) is 0 Å². The largest absolute Gasteiger partial charge is 0.439 e. The van der Waals surface area contributed by atoms with E-state index in [1.54, 1.807) is 6.07 Å². The zero-order chi connectivity index (χ0) is 14.0. The SMILES string of the molecule is CCc1nc(N)cc(Oc2cc(C)c(Br)c(C)c2)n1. The van der Waals surface area contributed by atoms with Gasteiger partial charge in [0, 0.05) is 17.0 Å². The predicted octanol–water partition coefficient (Wildman–Crippen LogP) is 3.79. The Hall–Kier alpha value is -1.62. The third-order valence-electron chi connectivity index (χ3n) is 2.72. The predicted molar refractivity (Wildman–Crippen MR) is 79.5 cm³/mol. The van der Waals surface area contributed by atoms with E-state index in [2.05, 4.69) is 25.9 Å². The van der Waals surface area contributed by atoms with Gasteiger partial charge in [0.15, 0.2) is 0 Å². The van der Waals surface area contributed by atoms with Gasteiger partial charge in [0.1, 0.15) is 17.4 Å². The molecule has 0 atom stereocenters. The maximum absolute atomic E-state index is 5.77. The number of aryl methyl sites for hydroxylation is 3. The Morgan fingerprint density at radius 2 is 1.79 bits per heavy atom. The standard InChI is InChI=1S/C14H16BrN3O/c1-4-12-17-11(16)7-13(18-12)19-10-5-8(2)14(15)9(3)6-10/h5-7H,4H2,1-3H3,(H2,16,17,18). The Morgan fingerprint density at radius 1 is 1.16 bits per heavy atom. The molecule has 0 amide bonds. The summed E-state index contributed by atoms with van der Waals surface area (Å²) in [5, 5.41) is 0. The summed E-state index contributed by atoms with van der Waals surface area (Å²) in [5.41, 5.74) is 7.97. The zero-order valence-corrected chi connectivity index (χ0v) is 12.8. The van der Waals surface area contributed by atoms with Gasteiger partial charge in [0.05, 0.1) is 0 Å². The monoisotopic (exact) mass is 321 g/mol. The number of nitrogen functional groups attached to an aromatic ring is 1. The highest BCUT2D eigenvalue weighted by atomic mass is 79.9. The molecular formula is C14H16BrN3O. The second kappa shape index (κ2) is 5.57. The van der Waals surface area contributed by atoms with E-state index < -0.39 is 0 Å². The molecule has 2 N–H and O–H groups in total. The smallest absolute Gasteiger partial charge is 0.224 e. The van der Waals surface area contributed by atoms with E-state index in [4.69, 9.17) is 10.5 Å². The highest BCUT2D eigenvalue weighted by molar-refractivity contribution is 9.10. The van der Waals surface area contributed by atoms with E-state index in [-0.39, 0.29) is 0 Å². The zero-order valence-electron chi connectivity index (χ0n) is 11.2. The summed E-state index contributed by atoms with van der Waals surface area (Å²) >= 11 is 3.53. The minimum absolute atomic E-state index is 0.424. The Morgan fingerprint density at radius 3 is 2.37 bits per heavy atom. The quantitative estimate of drug-likeness (QED) is 0.934. The molecule has 19 heavy (non-hydrogen) atoms. The summed E-state index contributed by atoms with van der Waals surface area (Å²) < 4.78 is 6.86. The van der Waals surface area contributed by atoms with Crippen LogP contribution in [0.1, 0.15) is 23.9 Å². The van der Waals surface area contributed by atoms with E-state index in [9.17, 15) is 0 Å². The van der Waals surface area contributed by atoms with E-state index in [1.165, 1.54) is 0 Å². The fourth-order valence-corrected chi connectivity index (χ4v) is 2.02. The average Bonchev–Trinajstić information content (AvgIpc) is 2.35. The van der Waals surface area contributed by atoms with Crippen LogP contribution in [-0.4, -0.2) is 9.97 Å². The summed E-state index contributed by atoms with van der Waals surface area (Å²) in [4.78, 5) is 8.43. The van der Waals surface area contributed by atoms with Crippen molar-refractivity contribution in [2.45, 2.75) is 27.2 Å². The number of benzene rings is 1. The Kier molecular flexibility index (Phi) is 4.04. The van der Waals surface area contributed by atoms with Crippen LogP contribution in [0.3, 0.4) is 0 Å². The van der Waals surface area contributed by atoms with Gasteiger partial charge < -0.3 is 10.5 Å².